The van der Waals surface area contributed by atoms with Gasteiger partial charge in [-0.2, -0.15) is 0 Å². The standard InChI is InChI=1S/C15H24N4O/c1-3-10-20-14-12(6-5-9-17-14)11-18-15(16-4-2)19-13-7-8-13/h5-6,9,13H,3-4,7-8,10-11H2,1-2H3,(H2,16,18,19). The number of aliphatic imine (C=N–C) groups is 1. The fourth-order valence-corrected chi connectivity index (χ4v) is 1.78. The summed E-state index contributed by atoms with van der Waals surface area (Å²) in [4.78, 5) is 8.89. The van der Waals surface area contributed by atoms with E-state index in [2.05, 4.69) is 34.5 Å². The number of nitrogens with one attached hydrogen (secondary N) is 2. The van der Waals surface area contributed by atoms with Gasteiger partial charge in [0.15, 0.2) is 5.96 Å². The molecule has 0 bridgehead atoms. The lowest BCUT2D eigenvalue weighted by Crippen LogP contribution is -2.38. The Bertz CT molecular complexity index is 443. The molecule has 2 rings (SSSR count). The van der Waals surface area contributed by atoms with Crippen LogP contribution in [0.1, 0.15) is 38.7 Å². The summed E-state index contributed by atoms with van der Waals surface area (Å²) >= 11 is 0. The van der Waals surface area contributed by atoms with Crippen LogP contribution in [0.2, 0.25) is 0 Å². The zero-order valence-electron chi connectivity index (χ0n) is 12.4. The predicted molar refractivity (Wildman–Crippen MR) is 81.0 cm³/mol. The van der Waals surface area contributed by atoms with E-state index in [1.807, 2.05) is 12.1 Å². The van der Waals surface area contributed by atoms with Gasteiger partial charge in [-0.05, 0) is 32.3 Å². The van der Waals surface area contributed by atoms with Crippen molar-refractivity contribution in [2.24, 2.45) is 4.99 Å². The van der Waals surface area contributed by atoms with Crippen molar-refractivity contribution >= 4 is 5.96 Å². The normalized spacial score (nSPS) is 15.0. The van der Waals surface area contributed by atoms with Crippen molar-refractivity contribution in [1.29, 1.82) is 0 Å². The summed E-state index contributed by atoms with van der Waals surface area (Å²) in [7, 11) is 0. The minimum absolute atomic E-state index is 0.578. The fourth-order valence-electron chi connectivity index (χ4n) is 1.78. The van der Waals surface area contributed by atoms with E-state index in [0.29, 0.717) is 25.1 Å². The van der Waals surface area contributed by atoms with E-state index in [1.54, 1.807) is 6.20 Å². The molecule has 1 aliphatic carbocycles. The van der Waals surface area contributed by atoms with Crippen molar-refractivity contribution in [3.63, 3.8) is 0 Å². The number of nitrogens with zero attached hydrogens (tertiary/aromatic N) is 2. The summed E-state index contributed by atoms with van der Waals surface area (Å²) in [6, 6.07) is 4.53. The summed E-state index contributed by atoms with van der Waals surface area (Å²) in [6.07, 6.45) is 5.21. The maximum absolute atomic E-state index is 5.65. The van der Waals surface area contributed by atoms with Crippen LogP contribution in [0.5, 0.6) is 5.88 Å². The van der Waals surface area contributed by atoms with Gasteiger partial charge in [0.2, 0.25) is 5.88 Å². The Kier molecular flexibility index (Phi) is 5.65. The van der Waals surface area contributed by atoms with Gasteiger partial charge < -0.3 is 15.4 Å². The maximum Gasteiger partial charge on any atom is 0.218 e. The van der Waals surface area contributed by atoms with E-state index in [-0.39, 0.29) is 0 Å². The third-order valence-electron chi connectivity index (χ3n) is 2.96. The minimum atomic E-state index is 0.578. The smallest absolute Gasteiger partial charge is 0.218 e. The molecule has 5 nitrogen and oxygen atoms in total. The van der Waals surface area contributed by atoms with Crippen molar-refractivity contribution in [3.8, 4) is 5.88 Å². The highest BCUT2D eigenvalue weighted by molar-refractivity contribution is 5.80. The molecule has 0 atom stereocenters. The summed E-state index contributed by atoms with van der Waals surface area (Å²) in [5, 5.41) is 6.67. The first-order valence-electron chi connectivity index (χ1n) is 7.45. The first-order chi connectivity index (χ1) is 9.83. The lowest BCUT2D eigenvalue weighted by molar-refractivity contribution is 0.302. The molecular weight excluding hydrogens is 252 g/mol. The average molecular weight is 276 g/mol. The number of pyridine rings is 1. The molecule has 0 unspecified atom stereocenters. The van der Waals surface area contributed by atoms with E-state index >= 15 is 0 Å². The molecule has 0 amide bonds. The van der Waals surface area contributed by atoms with Gasteiger partial charge in [-0.25, -0.2) is 9.98 Å². The first-order valence-corrected chi connectivity index (χ1v) is 7.45. The Morgan fingerprint density at radius 3 is 3.00 bits per heavy atom. The van der Waals surface area contributed by atoms with Gasteiger partial charge in [0, 0.05) is 24.3 Å². The molecular formula is C15H24N4O. The van der Waals surface area contributed by atoms with Crippen LogP contribution in [-0.4, -0.2) is 30.1 Å². The van der Waals surface area contributed by atoms with Gasteiger partial charge in [-0.3, -0.25) is 0 Å². The highest BCUT2D eigenvalue weighted by Gasteiger charge is 2.22. The highest BCUT2D eigenvalue weighted by atomic mass is 16.5. The molecule has 0 saturated heterocycles. The molecule has 1 aromatic rings. The van der Waals surface area contributed by atoms with E-state index in [0.717, 1.165) is 24.5 Å². The number of aromatic nitrogens is 1. The van der Waals surface area contributed by atoms with E-state index in [9.17, 15) is 0 Å². The fraction of sp³-hybridized carbons (Fsp3) is 0.600. The lowest BCUT2D eigenvalue weighted by Gasteiger charge is -2.11. The number of hydrogen-bond donors (Lipinski definition) is 2. The maximum atomic E-state index is 5.65. The van der Waals surface area contributed by atoms with Crippen molar-refractivity contribution in [1.82, 2.24) is 15.6 Å². The van der Waals surface area contributed by atoms with Gasteiger partial charge in [-0.15, -0.1) is 0 Å². The molecule has 0 spiro atoms. The first kappa shape index (κ1) is 14.6. The number of rotatable bonds is 7. The molecule has 1 heterocycles. The van der Waals surface area contributed by atoms with Crippen LogP contribution in [0, 0.1) is 0 Å². The van der Waals surface area contributed by atoms with Crippen LogP contribution in [0.15, 0.2) is 23.3 Å². The molecule has 110 valence electrons. The lowest BCUT2D eigenvalue weighted by atomic mass is 10.3. The molecule has 0 aliphatic heterocycles. The Balaban J connectivity index is 1.99. The largest absolute Gasteiger partial charge is 0.477 e. The third kappa shape index (κ3) is 4.72. The van der Waals surface area contributed by atoms with Crippen molar-refractivity contribution in [2.45, 2.75) is 45.7 Å². The van der Waals surface area contributed by atoms with E-state index in [1.165, 1.54) is 12.8 Å². The van der Waals surface area contributed by atoms with Gasteiger partial charge >= 0.3 is 0 Å². The van der Waals surface area contributed by atoms with Crippen molar-refractivity contribution in [3.05, 3.63) is 23.9 Å². The zero-order chi connectivity index (χ0) is 14.2. The van der Waals surface area contributed by atoms with Crippen LogP contribution in [0.4, 0.5) is 0 Å². The quantitative estimate of drug-likeness (QED) is 0.591. The molecule has 20 heavy (non-hydrogen) atoms. The van der Waals surface area contributed by atoms with Gasteiger partial charge in [0.1, 0.15) is 0 Å². The number of ether oxygens (including phenoxy) is 1. The van der Waals surface area contributed by atoms with E-state index < -0.39 is 0 Å². The van der Waals surface area contributed by atoms with Crippen molar-refractivity contribution in [2.75, 3.05) is 13.2 Å². The van der Waals surface area contributed by atoms with Gasteiger partial charge in [-0.1, -0.05) is 13.0 Å². The van der Waals surface area contributed by atoms with Crippen LogP contribution >= 0.6 is 0 Å². The summed E-state index contributed by atoms with van der Waals surface area (Å²) in [6.45, 7) is 6.29. The Morgan fingerprint density at radius 1 is 1.45 bits per heavy atom. The third-order valence-corrected chi connectivity index (χ3v) is 2.96. The topological polar surface area (TPSA) is 58.5 Å². The van der Waals surface area contributed by atoms with Gasteiger partial charge in [0.25, 0.3) is 0 Å². The number of guanidine groups is 1. The highest BCUT2D eigenvalue weighted by Crippen LogP contribution is 2.19. The van der Waals surface area contributed by atoms with Crippen molar-refractivity contribution < 1.29 is 4.74 Å². The molecule has 1 aromatic heterocycles. The summed E-state index contributed by atoms with van der Waals surface area (Å²) in [5.41, 5.74) is 1.02. The molecule has 1 saturated carbocycles. The monoisotopic (exact) mass is 276 g/mol. The summed E-state index contributed by atoms with van der Waals surface area (Å²) < 4.78 is 5.65. The average Bonchev–Trinajstić information content (AvgIpc) is 3.27. The van der Waals surface area contributed by atoms with E-state index in [4.69, 9.17) is 4.74 Å². The molecule has 0 radical (unpaired) electrons. The second-order valence-electron chi connectivity index (χ2n) is 4.93. The van der Waals surface area contributed by atoms with Crippen LogP contribution in [0.25, 0.3) is 0 Å². The second-order valence-corrected chi connectivity index (χ2v) is 4.93. The SMILES string of the molecule is CCCOc1ncccc1CN=C(NCC)NC1CC1. The summed E-state index contributed by atoms with van der Waals surface area (Å²) in [5.74, 6) is 1.57. The molecule has 2 N–H and O–H groups in total. The second kappa shape index (κ2) is 7.72. The molecule has 0 aromatic carbocycles. The van der Waals surface area contributed by atoms with Crippen LogP contribution in [-0.2, 0) is 6.54 Å². The minimum Gasteiger partial charge on any atom is -0.477 e. The Labute approximate surface area is 120 Å². The molecule has 5 heteroatoms. The van der Waals surface area contributed by atoms with Crippen LogP contribution in [0.3, 0.4) is 0 Å². The Morgan fingerprint density at radius 2 is 2.30 bits per heavy atom. The van der Waals surface area contributed by atoms with Gasteiger partial charge in [0.05, 0.1) is 13.2 Å². The number of hydrogen-bond acceptors (Lipinski definition) is 3. The van der Waals surface area contributed by atoms with Crippen LogP contribution < -0.4 is 15.4 Å². The predicted octanol–water partition coefficient (Wildman–Crippen LogP) is 2.09. The Hall–Kier alpha value is -1.78. The molecule has 1 aliphatic rings. The zero-order valence-corrected chi connectivity index (χ0v) is 12.4. The molecule has 1 fully saturated rings.